The van der Waals surface area contributed by atoms with Gasteiger partial charge in [0, 0.05) is 12.0 Å². The monoisotopic (exact) mass is 466 g/mol. The lowest BCUT2D eigenvalue weighted by molar-refractivity contribution is -0.137. The Labute approximate surface area is 198 Å². The maximum Gasteiger partial charge on any atom is 0.407 e. The summed E-state index contributed by atoms with van der Waals surface area (Å²) in [5.41, 5.74) is 4.55. The van der Waals surface area contributed by atoms with E-state index in [0.29, 0.717) is 6.42 Å². The average molecular weight is 467 g/mol. The zero-order chi connectivity index (χ0) is 24.1. The van der Waals surface area contributed by atoms with Gasteiger partial charge in [0.1, 0.15) is 6.61 Å². The zero-order valence-electron chi connectivity index (χ0n) is 19.2. The quantitative estimate of drug-likeness (QED) is 0.523. The molecule has 3 unspecified atom stereocenters. The molecule has 1 aliphatic carbocycles. The minimum Gasteiger partial charge on any atom is -0.481 e. The van der Waals surface area contributed by atoms with E-state index in [0.717, 1.165) is 28.7 Å². The van der Waals surface area contributed by atoms with Crippen LogP contribution in [0.4, 0.5) is 4.79 Å². The number of amides is 2. The Balaban J connectivity index is 1.35. The molecule has 1 fully saturated rings. The van der Waals surface area contributed by atoms with Crippen LogP contribution < -0.4 is 10.6 Å². The van der Waals surface area contributed by atoms with Gasteiger partial charge in [0.05, 0.1) is 31.6 Å². The van der Waals surface area contributed by atoms with Crippen LogP contribution in [0.3, 0.4) is 0 Å². The van der Waals surface area contributed by atoms with Gasteiger partial charge in [-0.3, -0.25) is 9.59 Å². The number of alkyl carbamates (subject to hydrolysis) is 1. The summed E-state index contributed by atoms with van der Waals surface area (Å²) in [7, 11) is 0. The Hall–Kier alpha value is -3.39. The summed E-state index contributed by atoms with van der Waals surface area (Å²) < 4.78 is 11.0. The van der Waals surface area contributed by atoms with E-state index in [1.165, 1.54) is 0 Å². The van der Waals surface area contributed by atoms with Crippen molar-refractivity contribution in [2.45, 2.75) is 44.2 Å². The molecular weight excluding hydrogens is 436 g/mol. The van der Waals surface area contributed by atoms with Gasteiger partial charge in [-0.1, -0.05) is 61.9 Å². The van der Waals surface area contributed by atoms with Gasteiger partial charge >= 0.3 is 12.1 Å². The highest BCUT2D eigenvalue weighted by molar-refractivity contribution is 5.82. The fraction of sp³-hybridized carbons (Fsp3) is 0.423. The number of aliphatic carboxylic acids is 1. The second-order valence-corrected chi connectivity index (χ2v) is 8.81. The van der Waals surface area contributed by atoms with Gasteiger partial charge in [-0.2, -0.15) is 0 Å². The van der Waals surface area contributed by atoms with Crippen LogP contribution in [0.25, 0.3) is 11.1 Å². The molecular formula is C26H30N2O6. The van der Waals surface area contributed by atoms with Crippen molar-refractivity contribution < 1.29 is 29.0 Å². The molecule has 0 bridgehead atoms. The third-order valence-corrected chi connectivity index (χ3v) is 6.47. The van der Waals surface area contributed by atoms with Crippen LogP contribution in [0.15, 0.2) is 48.5 Å². The largest absolute Gasteiger partial charge is 0.481 e. The van der Waals surface area contributed by atoms with Crippen LogP contribution in [-0.2, 0) is 19.1 Å². The summed E-state index contributed by atoms with van der Waals surface area (Å²) in [6, 6.07) is 15.2. The average Bonchev–Trinajstić information content (AvgIpc) is 3.40. The number of rotatable bonds is 9. The van der Waals surface area contributed by atoms with Crippen molar-refractivity contribution in [3.63, 3.8) is 0 Å². The molecule has 0 aromatic heterocycles. The smallest absolute Gasteiger partial charge is 0.407 e. The molecule has 2 aromatic carbocycles. The summed E-state index contributed by atoms with van der Waals surface area (Å²) >= 11 is 0. The summed E-state index contributed by atoms with van der Waals surface area (Å²) in [5, 5.41) is 14.6. The molecule has 180 valence electrons. The first-order valence-electron chi connectivity index (χ1n) is 11.7. The predicted molar refractivity (Wildman–Crippen MR) is 125 cm³/mol. The SMILES string of the molecule is CCCC(CC(=O)O)NC(=O)C1COCC1NC(=O)OCC1c2ccccc2-c2ccccc21. The first-order valence-corrected chi connectivity index (χ1v) is 11.7. The molecule has 4 rings (SSSR count). The molecule has 2 aliphatic rings. The summed E-state index contributed by atoms with van der Waals surface area (Å²) in [6.45, 7) is 2.47. The second kappa shape index (κ2) is 10.7. The molecule has 1 saturated heterocycles. The highest BCUT2D eigenvalue weighted by Gasteiger charge is 2.37. The third kappa shape index (κ3) is 5.22. The standard InChI is InChI=1S/C26H30N2O6/c1-2-7-16(12-24(29)30)27-25(31)22-13-33-15-23(22)28-26(32)34-14-21-19-10-5-3-8-17(19)18-9-4-6-11-20(18)21/h3-6,8-11,16,21-23H,2,7,12-15H2,1H3,(H,27,31)(H,28,32)(H,29,30). The lowest BCUT2D eigenvalue weighted by atomic mass is 9.98. The van der Waals surface area contributed by atoms with Crippen molar-refractivity contribution in [1.82, 2.24) is 10.6 Å². The van der Waals surface area contributed by atoms with E-state index >= 15 is 0 Å². The number of carboxylic acid groups (broad SMARTS) is 1. The predicted octanol–water partition coefficient (Wildman–Crippen LogP) is 3.30. The molecule has 0 radical (unpaired) electrons. The number of hydrogen-bond acceptors (Lipinski definition) is 5. The molecule has 8 heteroatoms. The summed E-state index contributed by atoms with van der Waals surface area (Å²) in [5.74, 6) is -1.94. The lowest BCUT2D eigenvalue weighted by Crippen LogP contribution is -2.49. The molecule has 2 amide bonds. The van der Waals surface area contributed by atoms with Crippen molar-refractivity contribution >= 4 is 18.0 Å². The van der Waals surface area contributed by atoms with Gasteiger partial charge in [0.15, 0.2) is 0 Å². The second-order valence-electron chi connectivity index (χ2n) is 8.81. The Morgan fingerprint density at radius 1 is 1.06 bits per heavy atom. The van der Waals surface area contributed by atoms with Gasteiger partial charge in [-0.05, 0) is 28.7 Å². The number of benzene rings is 2. The van der Waals surface area contributed by atoms with Crippen LogP contribution in [-0.4, -0.2) is 55.0 Å². The third-order valence-electron chi connectivity index (χ3n) is 6.47. The van der Waals surface area contributed by atoms with Crippen molar-refractivity contribution in [1.29, 1.82) is 0 Å². The van der Waals surface area contributed by atoms with Gasteiger partial charge < -0.3 is 25.2 Å². The maximum atomic E-state index is 12.8. The van der Waals surface area contributed by atoms with Crippen LogP contribution in [0.2, 0.25) is 0 Å². The fourth-order valence-corrected chi connectivity index (χ4v) is 4.84. The molecule has 0 spiro atoms. The van der Waals surface area contributed by atoms with Crippen molar-refractivity contribution in [3.8, 4) is 11.1 Å². The van der Waals surface area contributed by atoms with Crippen molar-refractivity contribution in [2.75, 3.05) is 19.8 Å². The number of carboxylic acids is 1. The van der Waals surface area contributed by atoms with Crippen molar-refractivity contribution in [3.05, 3.63) is 59.7 Å². The highest BCUT2D eigenvalue weighted by atomic mass is 16.5. The number of carbonyl (C=O) groups is 3. The Morgan fingerprint density at radius 3 is 2.32 bits per heavy atom. The number of nitrogens with one attached hydrogen (secondary N) is 2. The van der Waals surface area contributed by atoms with E-state index in [9.17, 15) is 14.4 Å². The number of hydrogen-bond donors (Lipinski definition) is 3. The van der Waals surface area contributed by atoms with E-state index in [4.69, 9.17) is 14.6 Å². The highest BCUT2D eigenvalue weighted by Crippen LogP contribution is 2.44. The maximum absolute atomic E-state index is 12.8. The number of fused-ring (bicyclic) bond motifs is 3. The Bertz CT molecular complexity index is 1010. The summed E-state index contributed by atoms with van der Waals surface area (Å²) in [4.78, 5) is 36.5. The zero-order valence-corrected chi connectivity index (χ0v) is 19.2. The minimum atomic E-state index is -0.963. The van der Waals surface area contributed by atoms with Gasteiger partial charge in [-0.15, -0.1) is 0 Å². The first-order chi connectivity index (χ1) is 16.5. The molecule has 1 aliphatic heterocycles. The Kier molecular flexibility index (Phi) is 7.47. The lowest BCUT2D eigenvalue weighted by Gasteiger charge is -2.22. The topological polar surface area (TPSA) is 114 Å². The first kappa shape index (κ1) is 23.8. The van der Waals surface area contributed by atoms with Crippen LogP contribution in [0.1, 0.15) is 43.2 Å². The van der Waals surface area contributed by atoms with Crippen LogP contribution >= 0.6 is 0 Å². The fourth-order valence-electron chi connectivity index (χ4n) is 4.84. The van der Waals surface area contributed by atoms with E-state index in [2.05, 4.69) is 34.9 Å². The van der Waals surface area contributed by atoms with Gasteiger partial charge in [0.2, 0.25) is 5.91 Å². The normalized spacial score (nSPS) is 19.7. The molecule has 1 heterocycles. The van der Waals surface area contributed by atoms with E-state index < -0.39 is 30.1 Å². The van der Waals surface area contributed by atoms with Gasteiger partial charge in [-0.25, -0.2) is 4.79 Å². The molecule has 0 saturated carbocycles. The van der Waals surface area contributed by atoms with E-state index in [-0.39, 0.29) is 38.1 Å². The van der Waals surface area contributed by atoms with E-state index in [1.807, 2.05) is 31.2 Å². The molecule has 2 aromatic rings. The van der Waals surface area contributed by atoms with Crippen LogP contribution in [0, 0.1) is 5.92 Å². The molecule has 3 N–H and O–H groups in total. The van der Waals surface area contributed by atoms with E-state index in [1.54, 1.807) is 0 Å². The van der Waals surface area contributed by atoms with Gasteiger partial charge in [0.25, 0.3) is 0 Å². The van der Waals surface area contributed by atoms with Crippen molar-refractivity contribution in [2.24, 2.45) is 5.92 Å². The Morgan fingerprint density at radius 2 is 1.71 bits per heavy atom. The van der Waals surface area contributed by atoms with Crippen LogP contribution in [0.5, 0.6) is 0 Å². The minimum absolute atomic E-state index is 0.0529. The number of ether oxygens (including phenoxy) is 2. The molecule has 8 nitrogen and oxygen atoms in total. The number of carbonyl (C=O) groups excluding carboxylic acids is 2. The molecule has 3 atom stereocenters. The molecule has 34 heavy (non-hydrogen) atoms. The summed E-state index contributed by atoms with van der Waals surface area (Å²) in [6.07, 6.45) is 0.569.